The molecule has 0 spiro atoms. The Morgan fingerprint density at radius 3 is 2.50 bits per heavy atom. The topological polar surface area (TPSA) is 112 Å². The lowest BCUT2D eigenvalue weighted by Crippen LogP contribution is -2.28. The molecule has 0 aliphatic rings. The van der Waals surface area contributed by atoms with Crippen LogP contribution in [0.4, 0.5) is 5.69 Å². The molecule has 3 rings (SSSR count). The smallest absolute Gasteiger partial charge is 0.296 e. The largest absolute Gasteiger partial charge is 0.370 e. The van der Waals surface area contributed by atoms with Crippen molar-refractivity contribution in [3.63, 3.8) is 0 Å². The van der Waals surface area contributed by atoms with Crippen LogP contribution in [0.1, 0.15) is 20.8 Å². The molecule has 2 aromatic carbocycles. The van der Waals surface area contributed by atoms with Crippen LogP contribution in [0.15, 0.2) is 59.6 Å². The molecule has 0 unspecified atom stereocenters. The van der Waals surface area contributed by atoms with E-state index in [2.05, 4.69) is 20.6 Å². The molecule has 26 heavy (non-hydrogen) atoms. The number of carbonyl (C=O) groups excluding carboxylic acids is 2. The van der Waals surface area contributed by atoms with Crippen LogP contribution in [-0.2, 0) is 0 Å². The highest BCUT2D eigenvalue weighted by molar-refractivity contribution is 6.06. The zero-order valence-corrected chi connectivity index (χ0v) is 14.8. The third-order valence-electron chi connectivity index (χ3n) is 3.62. The molecule has 0 aliphatic heterocycles. The number of hydrogen-bond donors (Lipinski definition) is 4. The van der Waals surface area contributed by atoms with Gasteiger partial charge in [-0.15, -0.1) is 12.4 Å². The summed E-state index contributed by atoms with van der Waals surface area (Å²) in [5.74, 6) is -0.629. The van der Waals surface area contributed by atoms with Gasteiger partial charge in [-0.3, -0.25) is 9.59 Å². The number of aliphatic imine (C=N–C) groups is 1. The van der Waals surface area contributed by atoms with Gasteiger partial charge in [-0.25, -0.2) is 0 Å². The van der Waals surface area contributed by atoms with Gasteiger partial charge in [0, 0.05) is 29.2 Å². The van der Waals surface area contributed by atoms with Crippen LogP contribution < -0.4 is 16.4 Å². The second-order valence-electron chi connectivity index (χ2n) is 5.36. The Bertz CT molecular complexity index is 966. The van der Waals surface area contributed by atoms with E-state index in [1.54, 1.807) is 55.6 Å². The molecule has 8 heteroatoms. The van der Waals surface area contributed by atoms with E-state index >= 15 is 0 Å². The van der Waals surface area contributed by atoms with E-state index in [9.17, 15) is 9.59 Å². The molecule has 7 nitrogen and oxygen atoms in total. The summed E-state index contributed by atoms with van der Waals surface area (Å²) in [6, 6.07) is 16.0. The summed E-state index contributed by atoms with van der Waals surface area (Å²) in [4.78, 5) is 30.9. The van der Waals surface area contributed by atoms with E-state index in [-0.39, 0.29) is 24.3 Å². The molecule has 0 fully saturated rings. The second kappa shape index (κ2) is 8.17. The van der Waals surface area contributed by atoms with Crippen LogP contribution in [0.25, 0.3) is 10.9 Å². The predicted octanol–water partition coefficient (Wildman–Crippen LogP) is 2.52. The molecule has 0 bridgehead atoms. The number of hydrogen-bond acceptors (Lipinski definition) is 2. The van der Waals surface area contributed by atoms with Crippen LogP contribution in [0.3, 0.4) is 0 Å². The maximum absolute atomic E-state index is 12.2. The van der Waals surface area contributed by atoms with Crippen molar-refractivity contribution >= 4 is 46.8 Å². The van der Waals surface area contributed by atoms with E-state index in [1.807, 2.05) is 6.07 Å². The minimum atomic E-state index is -0.474. The average Bonchev–Trinajstić information content (AvgIpc) is 3.05. The van der Waals surface area contributed by atoms with Gasteiger partial charge in [-0.05, 0) is 36.4 Å². The van der Waals surface area contributed by atoms with Crippen LogP contribution in [0, 0.1) is 0 Å². The highest BCUT2D eigenvalue weighted by atomic mass is 35.5. The number of halogens is 1. The molecule has 1 aromatic heterocycles. The second-order valence-corrected chi connectivity index (χ2v) is 5.36. The van der Waals surface area contributed by atoms with E-state index < -0.39 is 5.91 Å². The lowest BCUT2D eigenvalue weighted by Gasteiger charge is -2.05. The average molecular weight is 372 g/mol. The van der Waals surface area contributed by atoms with Crippen LogP contribution in [0.5, 0.6) is 0 Å². The Labute approximate surface area is 156 Å². The zero-order chi connectivity index (χ0) is 17.8. The van der Waals surface area contributed by atoms with Gasteiger partial charge in [0.25, 0.3) is 11.8 Å². The fraction of sp³-hybridized carbons (Fsp3) is 0.0556. The van der Waals surface area contributed by atoms with Crippen LogP contribution in [-0.4, -0.2) is 29.8 Å². The number of nitrogens with zero attached hydrogens (tertiary/aromatic N) is 1. The molecule has 0 radical (unpaired) electrons. The number of guanidine groups is 1. The molecule has 0 saturated heterocycles. The van der Waals surface area contributed by atoms with Gasteiger partial charge in [0.05, 0.1) is 0 Å². The van der Waals surface area contributed by atoms with Crippen molar-refractivity contribution in [2.75, 3.05) is 12.4 Å². The summed E-state index contributed by atoms with van der Waals surface area (Å²) in [7, 11) is 1.58. The number of benzene rings is 2. The first kappa shape index (κ1) is 19.0. The van der Waals surface area contributed by atoms with E-state index in [0.29, 0.717) is 16.9 Å². The highest BCUT2D eigenvalue weighted by Crippen LogP contribution is 2.21. The maximum atomic E-state index is 12.2. The Balaban J connectivity index is 0.00000243. The molecule has 2 amide bonds. The van der Waals surface area contributed by atoms with Crippen molar-refractivity contribution in [2.24, 2.45) is 10.7 Å². The summed E-state index contributed by atoms with van der Waals surface area (Å²) in [6.07, 6.45) is 0. The van der Waals surface area contributed by atoms with Crippen molar-refractivity contribution in [1.82, 2.24) is 10.3 Å². The number of anilines is 1. The van der Waals surface area contributed by atoms with Crippen molar-refractivity contribution < 1.29 is 9.59 Å². The van der Waals surface area contributed by atoms with Crippen LogP contribution in [0.2, 0.25) is 0 Å². The van der Waals surface area contributed by atoms with Gasteiger partial charge in [-0.2, -0.15) is 4.99 Å². The number of fused-ring (bicyclic) bond motifs is 1. The Morgan fingerprint density at radius 2 is 1.81 bits per heavy atom. The van der Waals surface area contributed by atoms with Gasteiger partial charge in [0.15, 0.2) is 5.96 Å². The molecule has 0 saturated carbocycles. The molecule has 134 valence electrons. The number of nitrogens with two attached hydrogens (primary N) is 1. The van der Waals surface area contributed by atoms with E-state index in [4.69, 9.17) is 5.73 Å². The molecular weight excluding hydrogens is 354 g/mol. The number of aromatic nitrogens is 1. The molecule has 0 aliphatic carbocycles. The predicted molar refractivity (Wildman–Crippen MR) is 105 cm³/mol. The number of amides is 2. The Kier molecular flexibility index (Phi) is 5.98. The lowest BCUT2D eigenvalue weighted by atomic mass is 10.2. The number of nitrogens with one attached hydrogen (secondary N) is 3. The van der Waals surface area contributed by atoms with Crippen molar-refractivity contribution in [2.45, 2.75) is 0 Å². The van der Waals surface area contributed by atoms with Crippen LogP contribution >= 0.6 is 12.4 Å². The molecular formula is C18H18ClN5O2. The van der Waals surface area contributed by atoms with Gasteiger partial charge < -0.3 is 21.4 Å². The fourth-order valence-corrected chi connectivity index (χ4v) is 2.34. The first-order chi connectivity index (χ1) is 12.1. The molecule has 1 heterocycles. The number of H-pyrrole nitrogens is 1. The van der Waals surface area contributed by atoms with Crippen molar-refractivity contribution in [3.8, 4) is 0 Å². The monoisotopic (exact) mass is 371 g/mol. The first-order valence-electron chi connectivity index (χ1n) is 7.62. The van der Waals surface area contributed by atoms with Gasteiger partial charge >= 0.3 is 0 Å². The standard InChI is InChI=1S/C18H17N5O2.ClH/c1-20-18(19)23-17(25)15-10-12-9-13(7-8-14(12)22-15)21-16(24)11-5-3-2-4-6-11;/h2-10,22H,1H3,(H,21,24)(H3,19,20,23,25);1H. The van der Waals surface area contributed by atoms with E-state index in [1.165, 1.54) is 0 Å². The Morgan fingerprint density at radius 1 is 1.08 bits per heavy atom. The summed E-state index contributed by atoms with van der Waals surface area (Å²) >= 11 is 0. The molecule has 0 atom stereocenters. The molecule has 3 aromatic rings. The summed E-state index contributed by atoms with van der Waals surface area (Å²) in [6.45, 7) is 0. The zero-order valence-electron chi connectivity index (χ0n) is 13.9. The summed E-state index contributed by atoms with van der Waals surface area (Å²) < 4.78 is 0. The van der Waals surface area contributed by atoms with E-state index in [0.717, 1.165) is 10.9 Å². The maximum Gasteiger partial charge on any atom is 0.296 e. The third kappa shape index (κ3) is 4.20. The first-order valence-corrected chi connectivity index (χ1v) is 7.62. The quantitative estimate of drug-likeness (QED) is 0.418. The van der Waals surface area contributed by atoms with Gasteiger partial charge in [-0.1, -0.05) is 18.2 Å². The van der Waals surface area contributed by atoms with Gasteiger partial charge in [0.1, 0.15) is 5.69 Å². The fourth-order valence-electron chi connectivity index (χ4n) is 2.34. The number of carbonyl (C=O) groups is 2. The normalized spacial score (nSPS) is 10.9. The SMILES string of the molecule is CNC(N)=NC(=O)c1cc2cc(NC(=O)c3ccccc3)ccc2[nH]1.Cl. The number of aromatic amines is 1. The van der Waals surface area contributed by atoms with Crippen molar-refractivity contribution in [3.05, 3.63) is 65.9 Å². The summed E-state index contributed by atoms with van der Waals surface area (Å²) in [5, 5.41) is 6.21. The molecule has 5 N–H and O–H groups in total. The minimum absolute atomic E-state index is 0. The lowest BCUT2D eigenvalue weighted by molar-refractivity contribution is 0.0996. The van der Waals surface area contributed by atoms with Crippen molar-refractivity contribution in [1.29, 1.82) is 0 Å². The minimum Gasteiger partial charge on any atom is -0.370 e. The highest BCUT2D eigenvalue weighted by Gasteiger charge is 2.11. The summed E-state index contributed by atoms with van der Waals surface area (Å²) in [5.41, 5.74) is 7.79. The third-order valence-corrected chi connectivity index (χ3v) is 3.62. The van der Waals surface area contributed by atoms with Gasteiger partial charge in [0.2, 0.25) is 0 Å². The number of rotatable bonds is 3. The Hall–Kier alpha value is -3.32.